The van der Waals surface area contributed by atoms with Crippen LogP contribution < -0.4 is 15.6 Å². The van der Waals surface area contributed by atoms with Crippen LogP contribution in [-0.4, -0.2) is 87.4 Å². The molecular formula is C23H26N6O9. The maximum absolute atomic E-state index is 12.6. The number of nitrogens with one attached hydrogen (secondary N) is 2. The summed E-state index contributed by atoms with van der Waals surface area (Å²) in [5.41, 5.74) is -0.631. The quantitative estimate of drug-likeness (QED) is 0.165. The van der Waals surface area contributed by atoms with Gasteiger partial charge in [0.25, 0.3) is 11.5 Å². The molecule has 4 rings (SSSR count). The number of carbonyl (C=O) groups is 1. The number of aliphatic hydroxyl groups is 2. The Morgan fingerprint density at radius 1 is 1.26 bits per heavy atom. The lowest BCUT2D eigenvalue weighted by Crippen LogP contribution is -2.36. The first-order valence-corrected chi connectivity index (χ1v) is 11.5. The van der Waals surface area contributed by atoms with Crippen molar-refractivity contribution in [1.29, 1.82) is 5.26 Å². The second-order valence-electron chi connectivity index (χ2n) is 8.01. The number of hydrogen-bond acceptors (Lipinski definition) is 12. The monoisotopic (exact) mass is 530 g/mol. The number of ether oxygens (including phenoxy) is 5. The molecule has 3 aromatic rings. The highest BCUT2D eigenvalue weighted by Crippen LogP contribution is 2.33. The summed E-state index contributed by atoms with van der Waals surface area (Å²) >= 11 is 0. The van der Waals surface area contributed by atoms with E-state index in [2.05, 4.69) is 20.3 Å². The van der Waals surface area contributed by atoms with Crippen molar-refractivity contribution in [3.05, 3.63) is 47.0 Å². The van der Waals surface area contributed by atoms with E-state index < -0.39 is 42.6 Å². The smallest absolute Gasteiger partial charge is 0.280 e. The number of nitrogens with zero attached hydrogens (tertiary/aromatic N) is 4. The molecule has 3 heterocycles. The van der Waals surface area contributed by atoms with Gasteiger partial charge in [0.15, 0.2) is 24.0 Å². The van der Waals surface area contributed by atoms with Crippen LogP contribution in [0.2, 0.25) is 0 Å². The minimum Gasteiger partial charge on any atom is -0.484 e. The summed E-state index contributed by atoms with van der Waals surface area (Å²) in [5, 5.41) is 31.2. The third-order valence-corrected chi connectivity index (χ3v) is 5.44. The minimum atomic E-state index is -1.25. The van der Waals surface area contributed by atoms with Crippen LogP contribution in [-0.2, 0) is 23.7 Å². The summed E-state index contributed by atoms with van der Waals surface area (Å²) in [4.78, 5) is 35.8. The van der Waals surface area contributed by atoms with E-state index >= 15 is 0 Å². The summed E-state index contributed by atoms with van der Waals surface area (Å²) in [6.07, 6.45) is -2.85. The van der Waals surface area contributed by atoms with Crippen molar-refractivity contribution in [3.63, 3.8) is 0 Å². The van der Waals surface area contributed by atoms with Crippen LogP contribution in [0.25, 0.3) is 11.2 Å². The summed E-state index contributed by atoms with van der Waals surface area (Å²) in [6, 6.07) is 10.7. The van der Waals surface area contributed by atoms with Crippen molar-refractivity contribution in [2.24, 2.45) is 0 Å². The zero-order chi connectivity index (χ0) is 26.9. The molecule has 38 heavy (non-hydrogen) atoms. The Balaban J connectivity index is 1.47. The predicted octanol–water partition coefficient (Wildman–Crippen LogP) is -0.365. The number of nitriles is 1. The lowest BCUT2D eigenvalue weighted by atomic mass is 10.1. The van der Waals surface area contributed by atoms with Crippen molar-refractivity contribution in [3.8, 4) is 11.8 Å². The van der Waals surface area contributed by atoms with E-state index in [9.17, 15) is 19.8 Å². The second kappa shape index (κ2) is 13.1. The summed E-state index contributed by atoms with van der Waals surface area (Å²) < 4.78 is 28.5. The Bertz CT molecular complexity index is 1310. The van der Waals surface area contributed by atoms with Gasteiger partial charge in [0.2, 0.25) is 5.95 Å². The van der Waals surface area contributed by atoms with Crippen molar-refractivity contribution in [1.82, 2.24) is 19.5 Å². The first-order chi connectivity index (χ1) is 18.5. The molecule has 202 valence electrons. The van der Waals surface area contributed by atoms with E-state index in [-0.39, 0.29) is 50.3 Å². The summed E-state index contributed by atoms with van der Waals surface area (Å²) in [5.74, 6) is -0.221. The Morgan fingerprint density at radius 3 is 2.84 bits per heavy atom. The van der Waals surface area contributed by atoms with E-state index in [1.165, 1.54) is 10.9 Å². The number of aromatic amines is 1. The molecule has 15 nitrogen and oxygen atoms in total. The zero-order valence-corrected chi connectivity index (χ0v) is 20.1. The van der Waals surface area contributed by atoms with Gasteiger partial charge in [-0.3, -0.25) is 24.5 Å². The fraction of sp³-hybridized carbons (Fsp3) is 0.435. The van der Waals surface area contributed by atoms with Gasteiger partial charge in [-0.05, 0) is 12.1 Å². The minimum absolute atomic E-state index is 0.0400. The predicted molar refractivity (Wildman–Crippen MR) is 128 cm³/mol. The highest BCUT2D eigenvalue weighted by Gasteiger charge is 2.46. The molecule has 0 radical (unpaired) electrons. The molecule has 0 saturated carbocycles. The maximum Gasteiger partial charge on any atom is 0.280 e. The summed E-state index contributed by atoms with van der Waals surface area (Å²) in [7, 11) is 0. The standard InChI is InChI=1S/C23H26N6O9/c24-7-4-8-34-12-35-13-37-19-18(32)15(9-30)38-22(19)29-11-25-17-20(29)27-23(28-21(17)33)26-16(31)10-36-14-5-2-1-3-6-14/h1-3,5-6,11,15,18-19,22,30,32H,4,8-10,12-13H2,(H2,26,27,28,31,33)/t15-,18-,19-,22-/m1/s1. The number of anilines is 1. The van der Waals surface area contributed by atoms with Crippen molar-refractivity contribution >= 4 is 23.0 Å². The van der Waals surface area contributed by atoms with Crippen molar-refractivity contribution in [2.45, 2.75) is 31.0 Å². The Morgan fingerprint density at radius 2 is 2.08 bits per heavy atom. The molecule has 1 saturated heterocycles. The number of H-pyrrole nitrogens is 1. The van der Waals surface area contributed by atoms with Crippen LogP contribution in [0.4, 0.5) is 5.95 Å². The number of fused-ring (bicyclic) bond motifs is 1. The van der Waals surface area contributed by atoms with Gasteiger partial charge in [0.05, 0.1) is 32.0 Å². The fourth-order valence-corrected chi connectivity index (χ4v) is 3.67. The van der Waals surface area contributed by atoms with Crippen LogP contribution in [0.3, 0.4) is 0 Å². The number of aliphatic hydroxyl groups excluding tert-OH is 2. The summed E-state index contributed by atoms with van der Waals surface area (Å²) in [6.45, 7) is -1.06. The molecule has 1 fully saturated rings. The van der Waals surface area contributed by atoms with Crippen LogP contribution in [0.5, 0.6) is 5.75 Å². The van der Waals surface area contributed by atoms with E-state index in [0.29, 0.717) is 5.75 Å². The number of benzene rings is 1. The Hall–Kier alpha value is -3.91. The van der Waals surface area contributed by atoms with E-state index in [1.54, 1.807) is 24.3 Å². The van der Waals surface area contributed by atoms with Gasteiger partial charge in [-0.25, -0.2) is 4.98 Å². The molecule has 1 aliphatic heterocycles. The van der Waals surface area contributed by atoms with Gasteiger partial charge < -0.3 is 33.9 Å². The number of hydrogen-bond donors (Lipinski definition) is 4. The third-order valence-electron chi connectivity index (χ3n) is 5.44. The third kappa shape index (κ3) is 6.50. The molecule has 1 aliphatic rings. The first-order valence-electron chi connectivity index (χ1n) is 11.5. The average molecular weight is 530 g/mol. The highest BCUT2D eigenvalue weighted by atomic mass is 16.7. The Kier molecular flexibility index (Phi) is 9.32. The van der Waals surface area contributed by atoms with E-state index in [4.69, 9.17) is 28.9 Å². The van der Waals surface area contributed by atoms with Gasteiger partial charge >= 0.3 is 0 Å². The molecular weight excluding hydrogens is 504 g/mol. The van der Waals surface area contributed by atoms with Crippen molar-refractivity contribution < 1.29 is 38.7 Å². The highest BCUT2D eigenvalue weighted by molar-refractivity contribution is 5.90. The number of rotatable bonds is 13. The number of para-hydroxylation sites is 1. The molecule has 4 atom stereocenters. The molecule has 15 heteroatoms. The number of carbonyl (C=O) groups excluding carboxylic acids is 1. The van der Waals surface area contributed by atoms with Crippen LogP contribution >= 0.6 is 0 Å². The Labute approximate surface area is 215 Å². The van der Waals surface area contributed by atoms with Crippen molar-refractivity contribution in [2.75, 3.05) is 38.7 Å². The normalized spacial score (nSPS) is 20.9. The molecule has 1 aromatic carbocycles. The number of amides is 1. The number of imidazole rings is 1. The van der Waals surface area contributed by atoms with E-state index in [0.717, 1.165) is 0 Å². The first kappa shape index (κ1) is 27.1. The van der Waals surface area contributed by atoms with Gasteiger partial charge in [-0.2, -0.15) is 10.2 Å². The molecule has 0 aliphatic carbocycles. The lowest BCUT2D eigenvalue weighted by molar-refractivity contribution is -0.174. The molecule has 4 N–H and O–H groups in total. The zero-order valence-electron chi connectivity index (χ0n) is 20.1. The van der Waals surface area contributed by atoms with Gasteiger partial charge in [-0.15, -0.1) is 0 Å². The van der Waals surface area contributed by atoms with Gasteiger partial charge in [0.1, 0.15) is 37.6 Å². The van der Waals surface area contributed by atoms with Crippen LogP contribution in [0.1, 0.15) is 12.6 Å². The van der Waals surface area contributed by atoms with Gasteiger partial charge in [0, 0.05) is 0 Å². The van der Waals surface area contributed by atoms with Crippen LogP contribution in [0, 0.1) is 11.3 Å². The lowest BCUT2D eigenvalue weighted by Gasteiger charge is -2.22. The molecule has 0 spiro atoms. The maximum atomic E-state index is 12.6. The second-order valence-corrected chi connectivity index (χ2v) is 8.01. The number of aromatic nitrogens is 4. The van der Waals surface area contributed by atoms with E-state index in [1.807, 2.05) is 12.1 Å². The SMILES string of the molecule is N#CCCOCOCO[C@@H]1[C@H](O)[C@@H](CO)O[C@H]1n1cnc2c(=O)[nH]c(NC(=O)COc3ccccc3)nc21. The van der Waals surface area contributed by atoms with Crippen LogP contribution in [0.15, 0.2) is 41.5 Å². The largest absolute Gasteiger partial charge is 0.484 e. The molecule has 0 bridgehead atoms. The topological polar surface area (TPSA) is 203 Å². The molecule has 0 unspecified atom stereocenters. The fourth-order valence-electron chi connectivity index (χ4n) is 3.67. The average Bonchev–Trinajstić information content (AvgIpc) is 3.48. The molecule has 2 aromatic heterocycles. The van der Waals surface area contributed by atoms with Gasteiger partial charge in [-0.1, -0.05) is 18.2 Å². The molecule has 1 amide bonds.